The molecule has 0 amide bonds. The van der Waals surface area contributed by atoms with Crippen LogP contribution in [-0.2, 0) is 0 Å². The zero-order valence-electron chi connectivity index (χ0n) is 9.27. The molecule has 0 spiro atoms. The molecule has 0 aromatic rings. The summed E-state index contributed by atoms with van der Waals surface area (Å²) in [6.45, 7) is 6.84. The van der Waals surface area contributed by atoms with E-state index < -0.39 is 0 Å². The molecule has 0 bridgehead atoms. The second kappa shape index (κ2) is 5.26. The maximum atomic E-state index is 2.43. The average molecular weight is 178 g/mol. The summed E-state index contributed by atoms with van der Waals surface area (Å²) in [6.07, 6.45) is 11.3. The van der Waals surface area contributed by atoms with Crippen LogP contribution in [0.3, 0.4) is 0 Å². The molecule has 0 radical (unpaired) electrons. The molecule has 0 heteroatoms. The summed E-state index contributed by atoms with van der Waals surface area (Å²) in [5.41, 5.74) is 3.22. The van der Waals surface area contributed by atoms with E-state index in [1.165, 1.54) is 32.1 Å². The lowest BCUT2D eigenvalue weighted by atomic mass is 10.0. The summed E-state index contributed by atoms with van der Waals surface area (Å²) in [5.74, 6) is 0.799. The highest BCUT2D eigenvalue weighted by Crippen LogP contribution is 2.25. The van der Waals surface area contributed by atoms with E-state index in [1.807, 2.05) is 0 Å². The Labute approximate surface area is 82.7 Å². The Morgan fingerprint density at radius 3 is 2.77 bits per heavy atom. The van der Waals surface area contributed by atoms with Crippen molar-refractivity contribution in [1.82, 2.24) is 0 Å². The molecule has 13 heavy (non-hydrogen) atoms. The van der Waals surface area contributed by atoms with Gasteiger partial charge in [0.1, 0.15) is 0 Å². The molecule has 0 atom stereocenters. The van der Waals surface area contributed by atoms with Crippen molar-refractivity contribution in [3.05, 3.63) is 23.3 Å². The standard InChI is InChI=1S/C13H22/c1-4-5-6-12-7-8-13(10-12)9-11(2)3/h8,10-11H,4-7,9H2,1-3H3. The van der Waals surface area contributed by atoms with E-state index in [4.69, 9.17) is 0 Å². The molecule has 0 N–H and O–H groups in total. The second-order valence-corrected chi connectivity index (χ2v) is 4.49. The van der Waals surface area contributed by atoms with Gasteiger partial charge in [0.05, 0.1) is 0 Å². The van der Waals surface area contributed by atoms with Crippen LogP contribution in [0.15, 0.2) is 23.3 Å². The predicted molar refractivity (Wildman–Crippen MR) is 59.8 cm³/mol. The van der Waals surface area contributed by atoms with Crippen LogP contribution in [0.1, 0.15) is 52.9 Å². The van der Waals surface area contributed by atoms with Gasteiger partial charge in [-0.2, -0.15) is 0 Å². The molecule has 0 unspecified atom stereocenters. The van der Waals surface area contributed by atoms with Crippen molar-refractivity contribution in [1.29, 1.82) is 0 Å². The molecule has 0 heterocycles. The first-order valence-electron chi connectivity index (χ1n) is 5.60. The van der Waals surface area contributed by atoms with Gasteiger partial charge in [0.2, 0.25) is 0 Å². The fraction of sp³-hybridized carbons (Fsp3) is 0.692. The van der Waals surface area contributed by atoms with Gasteiger partial charge in [-0.1, -0.05) is 50.5 Å². The minimum absolute atomic E-state index is 0.799. The summed E-state index contributed by atoms with van der Waals surface area (Å²) in [7, 11) is 0. The van der Waals surface area contributed by atoms with Crippen LogP contribution in [0, 0.1) is 5.92 Å². The quantitative estimate of drug-likeness (QED) is 0.582. The zero-order chi connectivity index (χ0) is 9.68. The van der Waals surface area contributed by atoms with Gasteiger partial charge in [0.15, 0.2) is 0 Å². The maximum absolute atomic E-state index is 2.43. The van der Waals surface area contributed by atoms with Crippen LogP contribution in [0.4, 0.5) is 0 Å². The lowest BCUT2D eigenvalue weighted by Gasteiger charge is -2.02. The Kier molecular flexibility index (Phi) is 4.27. The van der Waals surface area contributed by atoms with Gasteiger partial charge in [-0.3, -0.25) is 0 Å². The summed E-state index contributed by atoms with van der Waals surface area (Å²) < 4.78 is 0. The van der Waals surface area contributed by atoms with E-state index in [0.29, 0.717) is 0 Å². The Morgan fingerprint density at radius 1 is 1.38 bits per heavy atom. The molecular weight excluding hydrogens is 156 g/mol. The van der Waals surface area contributed by atoms with Gasteiger partial charge >= 0.3 is 0 Å². The van der Waals surface area contributed by atoms with Gasteiger partial charge in [-0.05, 0) is 31.6 Å². The monoisotopic (exact) mass is 178 g/mol. The van der Waals surface area contributed by atoms with E-state index in [1.54, 1.807) is 11.1 Å². The van der Waals surface area contributed by atoms with Crippen LogP contribution in [-0.4, -0.2) is 0 Å². The van der Waals surface area contributed by atoms with Crippen molar-refractivity contribution in [2.45, 2.75) is 52.9 Å². The Hall–Kier alpha value is -0.520. The van der Waals surface area contributed by atoms with Crippen LogP contribution < -0.4 is 0 Å². The molecule has 0 aromatic heterocycles. The molecule has 0 aromatic carbocycles. The summed E-state index contributed by atoms with van der Waals surface area (Å²) in [5, 5.41) is 0. The van der Waals surface area contributed by atoms with Crippen molar-refractivity contribution in [3.63, 3.8) is 0 Å². The highest BCUT2D eigenvalue weighted by atomic mass is 14.1. The third-order valence-corrected chi connectivity index (χ3v) is 2.51. The van der Waals surface area contributed by atoms with E-state index in [-0.39, 0.29) is 0 Å². The number of unbranched alkanes of at least 4 members (excludes halogenated alkanes) is 1. The highest BCUT2D eigenvalue weighted by Gasteiger charge is 2.07. The number of rotatable bonds is 5. The lowest BCUT2D eigenvalue weighted by Crippen LogP contribution is -1.87. The molecular formula is C13H22. The van der Waals surface area contributed by atoms with Gasteiger partial charge < -0.3 is 0 Å². The third kappa shape index (κ3) is 3.80. The van der Waals surface area contributed by atoms with Gasteiger partial charge in [0, 0.05) is 0 Å². The highest BCUT2D eigenvalue weighted by molar-refractivity contribution is 5.32. The first-order valence-corrected chi connectivity index (χ1v) is 5.60. The fourth-order valence-electron chi connectivity index (χ4n) is 1.83. The fourth-order valence-corrected chi connectivity index (χ4v) is 1.83. The molecule has 0 aliphatic heterocycles. The largest absolute Gasteiger partial charge is 0.0772 e. The van der Waals surface area contributed by atoms with Crippen LogP contribution in [0.25, 0.3) is 0 Å². The van der Waals surface area contributed by atoms with Gasteiger partial charge in [-0.15, -0.1) is 0 Å². The summed E-state index contributed by atoms with van der Waals surface area (Å²) in [4.78, 5) is 0. The molecule has 1 aliphatic rings. The minimum Gasteiger partial charge on any atom is -0.0772 e. The smallest absolute Gasteiger partial charge is 0.0130 e. The maximum Gasteiger partial charge on any atom is -0.0130 e. The number of hydrogen-bond acceptors (Lipinski definition) is 0. The number of hydrogen-bond donors (Lipinski definition) is 0. The molecule has 0 saturated carbocycles. The molecule has 0 fully saturated rings. The predicted octanol–water partition coefficient (Wildman–Crippen LogP) is 4.48. The lowest BCUT2D eigenvalue weighted by molar-refractivity contribution is 0.650. The topological polar surface area (TPSA) is 0 Å². The Bertz CT molecular complexity index is 206. The Balaban J connectivity index is 2.32. The second-order valence-electron chi connectivity index (χ2n) is 4.49. The summed E-state index contributed by atoms with van der Waals surface area (Å²) >= 11 is 0. The first kappa shape index (κ1) is 10.6. The molecule has 74 valence electrons. The van der Waals surface area contributed by atoms with E-state index >= 15 is 0 Å². The average Bonchev–Trinajstić information content (AvgIpc) is 2.48. The van der Waals surface area contributed by atoms with Crippen molar-refractivity contribution >= 4 is 0 Å². The van der Waals surface area contributed by atoms with E-state index in [0.717, 1.165) is 5.92 Å². The third-order valence-electron chi connectivity index (χ3n) is 2.51. The van der Waals surface area contributed by atoms with Crippen LogP contribution in [0.2, 0.25) is 0 Å². The van der Waals surface area contributed by atoms with Crippen molar-refractivity contribution in [3.8, 4) is 0 Å². The molecule has 1 rings (SSSR count). The van der Waals surface area contributed by atoms with Crippen molar-refractivity contribution in [2.24, 2.45) is 5.92 Å². The minimum atomic E-state index is 0.799. The summed E-state index contributed by atoms with van der Waals surface area (Å²) in [6, 6.07) is 0. The molecule has 0 saturated heterocycles. The van der Waals surface area contributed by atoms with E-state index in [2.05, 4.69) is 32.9 Å². The van der Waals surface area contributed by atoms with Crippen LogP contribution >= 0.6 is 0 Å². The van der Waals surface area contributed by atoms with Crippen molar-refractivity contribution in [2.75, 3.05) is 0 Å². The first-order chi connectivity index (χ1) is 6.22. The van der Waals surface area contributed by atoms with Crippen molar-refractivity contribution < 1.29 is 0 Å². The normalized spacial score (nSPS) is 16.3. The molecule has 1 aliphatic carbocycles. The number of allylic oxidation sites excluding steroid dienone is 4. The van der Waals surface area contributed by atoms with Gasteiger partial charge in [0.25, 0.3) is 0 Å². The van der Waals surface area contributed by atoms with Crippen LogP contribution in [0.5, 0.6) is 0 Å². The Morgan fingerprint density at radius 2 is 2.15 bits per heavy atom. The van der Waals surface area contributed by atoms with E-state index in [9.17, 15) is 0 Å². The zero-order valence-corrected chi connectivity index (χ0v) is 9.27. The van der Waals surface area contributed by atoms with Gasteiger partial charge in [-0.25, -0.2) is 0 Å². The molecule has 0 nitrogen and oxygen atoms in total. The SMILES string of the molecule is CCCCC1=CC(CC(C)C)=CC1.